The van der Waals surface area contributed by atoms with E-state index in [1.54, 1.807) is 18.2 Å². The van der Waals surface area contributed by atoms with Crippen LogP contribution in [0.4, 0.5) is 8.78 Å². The molecule has 1 heterocycles. The number of rotatable bonds is 2. The Bertz CT molecular complexity index is 798. The summed E-state index contributed by atoms with van der Waals surface area (Å²) in [7, 11) is 0. The van der Waals surface area contributed by atoms with Gasteiger partial charge < -0.3 is 5.32 Å². The molecule has 0 fully saturated rings. The first kappa shape index (κ1) is 14.1. The maximum atomic E-state index is 13.6. The second-order valence-electron chi connectivity index (χ2n) is 5.07. The Kier molecular flexibility index (Phi) is 3.55. The summed E-state index contributed by atoms with van der Waals surface area (Å²) in [5.41, 5.74) is 2.05. The van der Waals surface area contributed by atoms with Crippen LogP contribution in [0.15, 0.2) is 30.5 Å². The lowest BCUT2D eigenvalue weighted by atomic mass is 10.1. The molecular formula is C16H11F2N3O. The van der Waals surface area contributed by atoms with Gasteiger partial charge >= 0.3 is 0 Å². The first-order valence-corrected chi connectivity index (χ1v) is 6.73. The second kappa shape index (κ2) is 5.53. The molecule has 110 valence electrons. The molecular weight excluding hydrogens is 288 g/mol. The highest BCUT2D eigenvalue weighted by atomic mass is 19.1. The maximum Gasteiger partial charge on any atom is 0.273 e. The normalized spacial score (nSPS) is 16.0. The molecule has 1 aromatic heterocycles. The summed E-state index contributed by atoms with van der Waals surface area (Å²) in [6.45, 7) is 0. The van der Waals surface area contributed by atoms with Gasteiger partial charge in [0.05, 0.1) is 23.9 Å². The van der Waals surface area contributed by atoms with E-state index < -0.39 is 23.2 Å². The summed E-state index contributed by atoms with van der Waals surface area (Å²) in [6, 6.07) is 7.70. The summed E-state index contributed by atoms with van der Waals surface area (Å²) >= 11 is 0. The number of pyridine rings is 1. The molecule has 6 heteroatoms. The third kappa shape index (κ3) is 2.53. The third-order valence-electron chi connectivity index (χ3n) is 3.68. The highest BCUT2D eigenvalue weighted by molar-refractivity contribution is 5.92. The largest absolute Gasteiger partial charge is 0.344 e. The van der Waals surface area contributed by atoms with E-state index in [1.807, 2.05) is 0 Å². The summed E-state index contributed by atoms with van der Waals surface area (Å²) < 4.78 is 26.4. The molecule has 1 aliphatic carbocycles. The number of carbonyl (C=O) groups excluding carboxylic acids is 1. The van der Waals surface area contributed by atoms with Crippen molar-refractivity contribution < 1.29 is 13.6 Å². The lowest BCUT2D eigenvalue weighted by molar-refractivity contribution is 0.0927. The second-order valence-corrected chi connectivity index (χ2v) is 5.07. The number of aryl methyl sites for hydroxylation is 1. The minimum atomic E-state index is -0.990. The number of amides is 1. The van der Waals surface area contributed by atoms with Crippen molar-refractivity contribution in [2.45, 2.75) is 18.9 Å². The van der Waals surface area contributed by atoms with Crippen LogP contribution in [0.3, 0.4) is 0 Å². The lowest BCUT2D eigenvalue weighted by Crippen LogP contribution is -2.28. The Labute approximate surface area is 125 Å². The number of benzene rings is 1. The minimum absolute atomic E-state index is 0.263. The van der Waals surface area contributed by atoms with Crippen molar-refractivity contribution in [2.24, 2.45) is 0 Å². The van der Waals surface area contributed by atoms with Crippen molar-refractivity contribution in [1.82, 2.24) is 10.3 Å². The minimum Gasteiger partial charge on any atom is -0.344 e. The van der Waals surface area contributed by atoms with Crippen LogP contribution in [-0.4, -0.2) is 10.9 Å². The van der Waals surface area contributed by atoms with Gasteiger partial charge in [-0.25, -0.2) is 13.8 Å². The van der Waals surface area contributed by atoms with Crippen molar-refractivity contribution in [3.05, 3.63) is 64.5 Å². The Morgan fingerprint density at radius 2 is 2.18 bits per heavy atom. The van der Waals surface area contributed by atoms with E-state index in [2.05, 4.69) is 16.4 Å². The van der Waals surface area contributed by atoms with Gasteiger partial charge in [0.25, 0.3) is 5.91 Å². The molecule has 22 heavy (non-hydrogen) atoms. The molecule has 0 spiro atoms. The zero-order valence-electron chi connectivity index (χ0n) is 11.4. The fourth-order valence-electron chi connectivity index (χ4n) is 2.65. The van der Waals surface area contributed by atoms with E-state index in [0.717, 1.165) is 23.7 Å². The Morgan fingerprint density at radius 1 is 1.36 bits per heavy atom. The highest BCUT2D eigenvalue weighted by Gasteiger charge is 2.26. The molecule has 0 aliphatic heterocycles. The quantitative estimate of drug-likeness (QED) is 0.927. The molecule has 1 atom stereocenters. The predicted molar refractivity (Wildman–Crippen MR) is 73.8 cm³/mol. The molecule has 4 nitrogen and oxygen atoms in total. The van der Waals surface area contributed by atoms with Gasteiger partial charge in [-0.15, -0.1) is 0 Å². The standard InChI is InChI=1S/C16H11F2N3O/c17-11-6-13(18)15(20-8-11)16(22)21-14-4-2-10-5-9(7-19)1-3-12(10)14/h1,3,5-6,8,14H,2,4H2,(H,21,22). The van der Waals surface area contributed by atoms with Gasteiger partial charge in [-0.1, -0.05) is 6.07 Å². The number of fused-ring (bicyclic) bond motifs is 1. The SMILES string of the molecule is N#Cc1ccc2c(c1)CCC2NC(=O)c1ncc(F)cc1F. The van der Waals surface area contributed by atoms with Crippen molar-refractivity contribution in [3.63, 3.8) is 0 Å². The zero-order valence-corrected chi connectivity index (χ0v) is 11.4. The molecule has 1 N–H and O–H groups in total. The van der Waals surface area contributed by atoms with Crippen molar-refractivity contribution in [2.75, 3.05) is 0 Å². The lowest BCUT2D eigenvalue weighted by Gasteiger charge is -2.14. The predicted octanol–water partition coefficient (Wildman–Crippen LogP) is 2.65. The summed E-state index contributed by atoms with van der Waals surface area (Å²) in [5.74, 6) is -2.50. The molecule has 2 aromatic rings. The van der Waals surface area contributed by atoms with E-state index in [0.29, 0.717) is 18.1 Å². The summed E-state index contributed by atoms with van der Waals surface area (Å²) in [6.07, 6.45) is 2.20. The average molecular weight is 299 g/mol. The van der Waals surface area contributed by atoms with Crippen LogP contribution < -0.4 is 5.32 Å². The van der Waals surface area contributed by atoms with Gasteiger partial charge in [-0.3, -0.25) is 4.79 Å². The molecule has 1 unspecified atom stereocenters. The number of nitrogens with one attached hydrogen (secondary N) is 1. The van der Waals surface area contributed by atoms with E-state index in [1.165, 1.54) is 0 Å². The average Bonchev–Trinajstić information content (AvgIpc) is 2.89. The molecule has 0 saturated heterocycles. The maximum absolute atomic E-state index is 13.6. The van der Waals surface area contributed by atoms with Crippen LogP contribution in [0.2, 0.25) is 0 Å². The molecule has 0 saturated carbocycles. The smallest absolute Gasteiger partial charge is 0.273 e. The van der Waals surface area contributed by atoms with Gasteiger partial charge in [-0.2, -0.15) is 5.26 Å². The van der Waals surface area contributed by atoms with Crippen molar-refractivity contribution >= 4 is 5.91 Å². The van der Waals surface area contributed by atoms with Crippen LogP contribution in [0.5, 0.6) is 0 Å². The first-order chi connectivity index (χ1) is 10.6. The fraction of sp³-hybridized carbons (Fsp3) is 0.188. The van der Waals surface area contributed by atoms with Gasteiger partial charge in [0, 0.05) is 6.07 Å². The Balaban J connectivity index is 1.81. The van der Waals surface area contributed by atoms with E-state index in [9.17, 15) is 13.6 Å². The number of aromatic nitrogens is 1. The summed E-state index contributed by atoms with van der Waals surface area (Å²) in [4.78, 5) is 15.6. The fourth-order valence-corrected chi connectivity index (χ4v) is 2.65. The number of halogens is 2. The van der Waals surface area contributed by atoms with Gasteiger partial charge in [-0.05, 0) is 36.1 Å². The molecule has 0 bridgehead atoms. The molecule has 1 aromatic carbocycles. The monoisotopic (exact) mass is 299 g/mol. The van der Waals surface area contributed by atoms with Gasteiger partial charge in [0.1, 0.15) is 5.82 Å². The highest BCUT2D eigenvalue weighted by Crippen LogP contribution is 2.31. The molecule has 3 rings (SSSR count). The van der Waals surface area contributed by atoms with Crippen LogP contribution in [0, 0.1) is 23.0 Å². The van der Waals surface area contributed by atoms with Crippen molar-refractivity contribution in [1.29, 1.82) is 5.26 Å². The van der Waals surface area contributed by atoms with Gasteiger partial charge in [0.15, 0.2) is 11.5 Å². The number of nitrogens with zero attached hydrogens (tertiary/aromatic N) is 2. The number of carbonyl (C=O) groups is 1. The topological polar surface area (TPSA) is 65.8 Å². The van der Waals surface area contributed by atoms with Crippen molar-refractivity contribution in [3.8, 4) is 6.07 Å². The van der Waals surface area contributed by atoms with E-state index in [-0.39, 0.29) is 6.04 Å². The van der Waals surface area contributed by atoms with E-state index >= 15 is 0 Å². The number of hydrogen-bond donors (Lipinski definition) is 1. The van der Waals surface area contributed by atoms with Gasteiger partial charge in [0.2, 0.25) is 0 Å². The Morgan fingerprint density at radius 3 is 2.91 bits per heavy atom. The first-order valence-electron chi connectivity index (χ1n) is 6.73. The van der Waals surface area contributed by atoms with Crippen LogP contribution >= 0.6 is 0 Å². The molecule has 0 radical (unpaired) electrons. The zero-order chi connectivity index (χ0) is 15.7. The van der Waals surface area contributed by atoms with Crippen LogP contribution in [-0.2, 0) is 6.42 Å². The van der Waals surface area contributed by atoms with Crippen LogP contribution in [0.1, 0.15) is 39.6 Å². The third-order valence-corrected chi connectivity index (χ3v) is 3.68. The summed E-state index contributed by atoms with van der Waals surface area (Å²) in [5, 5.41) is 11.6. The molecule has 1 amide bonds. The molecule has 1 aliphatic rings. The number of hydrogen-bond acceptors (Lipinski definition) is 3. The van der Waals surface area contributed by atoms with E-state index in [4.69, 9.17) is 5.26 Å². The Hall–Kier alpha value is -2.81. The van der Waals surface area contributed by atoms with Crippen LogP contribution in [0.25, 0.3) is 0 Å². The number of nitriles is 1.